The Kier molecular flexibility index (Phi) is 8.24. The number of nitrogens with zero attached hydrogens (tertiary/aromatic N) is 3. The van der Waals surface area contributed by atoms with Gasteiger partial charge in [-0.25, -0.2) is 4.39 Å². The number of alkyl halides is 1. The molecule has 2 unspecified atom stereocenters. The van der Waals surface area contributed by atoms with Crippen molar-refractivity contribution in [2.24, 2.45) is 0 Å². The molecule has 0 bridgehead atoms. The maximum Gasteiger partial charge on any atom is 0.317 e. The molecule has 2 saturated heterocycles. The average molecular weight is 511 g/mol. The van der Waals surface area contributed by atoms with Gasteiger partial charge in [0.25, 0.3) is 5.91 Å². The first kappa shape index (κ1) is 25.1. The highest BCUT2D eigenvalue weighted by Gasteiger charge is 2.31. The van der Waals surface area contributed by atoms with E-state index in [1.165, 1.54) is 7.11 Å². The van der Waals surface area contributed by atoms with Crippen LogP contribution in [0.15, 0.2) is 18.2 Å². The Hall–Kier alpha value is -2.00. The summed E-state index contributed by atoms with van der Waals surface area (Å²) in [4.78, 5) is 24.0. The van der Waals surface area contributed by atoms with Crippen LogP contribution in [-0.4, -0.2) is 72.4 Å². The molecule has 34 heavy (non-hydrogen) atoms. The van der Waals surface area contributed by atoms with Crippen molar-refractivity contribution in [3.05, 3.63) is 50.8 Å². The van der Waals surface area contributed by atoms with Crippen molar-refractivity contribution in [3.8, 4) is 6.01 Å². The maximum atomic E-state index is 14.1. The van der Waals surface area contributed by atoms with E-state index in [1.807, 2.05) is 13.0 Å². The van der Waals surface area contributed by atoms with Gasteiger partial charge in [0.15, 0.2) is 0 Å². The SMILES string of the molecule is COc1nc(Cc2ccc(Cl)c(Cl)c2)c(C)c(C(=O)N2CCC(NC3CCOCC3F)CC2)n1. The Morgan fingerprint density at radius 3 is 2.68 bits per heavy atom. The zero-order chi connectivity index (χ0) is 24.2. The fraction of sp³-hybridized carbons (Fsp3) is 0.542. The van der Waals surface area contributed by atoms with Crippen molar-refractivity contribution in [1.29, 1.82) is 0 Å². The van der Waals surface area contributed by atoms with Crippen molar-refractivity contribution >= 4 is 29.1 Å². The number of carbonyl (C=O) groups is 1. The third kappa shape index (κ3) is 5.79. The zero-order valence-corrected chi connectivity index (χ0v) is 20.8. The first-order valence-corrected chi connectivity index (χ1v) is 12.2. The molecular weight excluding hydrogens is 482 g/mol. The third-order valence-electron chi connectivity index (χ3n) is 6.49. The normalized spacial score (nSPS) is 21.5. The second-order valence-electron chi connectivity index (χ2n) is 8.78. The molecule has 7 nitrogen and oxygen atoms in total. The molecule has 10 heteroatoms. The van der Waals surface area contributed by atoms with Crippen molar-refractivity contribution in [2.45, 2.75) is 50.9 Å². The molecule has 3 heterocycles. The Morgan fingerprint density at radius 1 is 1.24 bits per heavy atom. The Balaban J connectivity index is 1.45. The molecule has 2 atom stereocenters. The minimum absolute atomic E-state index is 0.147. The number of halogens is 3. The fourth-order valence-corrected chi connectivity index (χ4v) is 4.77. The number of hydrogen-bond donors (Lipinski definition) is 1. The molecule has 0 aliphatic carbocycles. The van der Waals surface area contributed by atoms with Crippen LogP contribution in [0, 0.1) is 6.92 Å². The highest BCUT2D eigenvalue weighted by atomic mass is 35.5. The maximum absolute atomic E-state index is 14.1. The van der Waals surface area contributed by atoms with E-state index in [4.69, 9.17) is 32.7 Å². The van der Waals surface area contributed by atoms with E-state index in [1.54, 1.807) is 17.0 Å². The molecule has 184 valence electrons. The second kappa shape index (κ2) is 11.2. The number of aromatic nitrogens is 2. The van der Waals surface area contributed by atoms with E-state index in [-0.39, 0.29) is 30.6 Å². The van der Waals surface area contributed by atoms with Gasteiger partial charge in [0.2, 0.25) is 0 Å². The van der Waals surface area contributed by atoms with Crippen LogP contribution >= 0.6 is 23.2 Å². The van der Waals surface area contributed by atoms with Crippen LogP contribution in [0.3, 0.4) is 0 Å². The van der Waals surface area contributed by atoms with Crippen LogP contribution in [0.4, 0.5) is 4.39 Å². The van der Waals surface area contributed by atoms with Crippen LogP contribution in [-0.2, 0) is 11.2 Å². The molecule has 2 aliphatic rings. The number of benzene rings is 1. The molecule has 1 amide bonds. The van der Waals surface area contributed by atoms with Crippen molar-refractivity contribution in [2.75, 3.05) is 33.4 Å². The molecule has 0 saturated carbocycles. The summed E-state index contributed by atoms with van der Waals surface area (Å²) in [7, 11) is 1.48. The van der Waals surface area contributed by atoms with Gasteiger partial charge in [0, 0.05) is 43.8 Å². The average Bonchev–Trinajstić information content (AvgIpc) is 2.84. The minimum atomic E-state index is -0.988. The number of ether oxygens (including phenoxy) is 2. The lowest BCUT2D eigenvalue weighted by molar-refractivity contribution is 0.00839. The highest BCUT2D eigenvalue weighted by Crippen LogP contribution is 2.26. The van der Waals surface area contributed by atoms with Gasteiger partial charge in [-0.15, -0.1) is 0 Å². The molecular formula is C24H29Cl2FN4O3. The van der Waals surface area contributed by atoms with Gasteiger partial charge in [0.1, 0.15) is 11.9 Å². The number of carbonyl (C=O) groups excluding carboxylic acids is 1. The number of hydrogen-bond acceptors (Lipinski definition) is 6. The Labute approximate surface area is 208 Å². The monoisotopic (exact) mass is 510 g/mol. The lowest BCUT2D eigenvalue weighted by Gasteiger charge is -2.36. The number of methoxy groups -OCH3 is 1. The number of piperidine rings is 1. The standard InChI is InChI=1S/C24H29Cl2FN4O3/c1-14-21(12-15-3-4-17(25)18(26)11-15)29-24(33-2)30-22(14)23(32)31-8-5-16(6-9-31)28-20-7-10-34-13-19(20)27/h3-4,11,16,19-20,28H,5-10,12-13H2,1-2H3. The molecule has 0 radical (unpaired) electrons. The largest absolute Gasteiger partial charge is 0.467 e. The summed E-state index contributed by atoms with van der Waals surface area (Å²) < 4.78 is 24.6. The third-order valence-corrected chi connectivity index (χ3v) is 7.22. The first-order chi connectivity index (χ1) is 16.4. The first-order valence-electron chi connectivity index (χ1n) is 11.5. The van der Waals surface area contributed by atoms with Gasteiger partial charge in [0.05, 0.1) is 29.5 Å². The topological polar surface area (TPSA) is 76.6 Å². The number of amides is 1. The summed E-state index contributed by atoms with van der Waals surface area (Å²) in [6, 6.07) is 5.55. The van der Waals surface area contributed by atoms with Gasteiger partial charge in [-0.2, -0.15) is 9.97 Å². The minimum Gasteiger partial charge on any atom is -0.467 e. The van der Waals surface area contributed by atoms with E-state index in [2.05, 4.69) is 15.3 Å². The summed E-state index contributed by atoms with van der Waals surface area (Å²) in [5.41, 5.74) is 2.66. The van der Waals surface area contributed by atoms with Gasteiger partial charge in [-0.1, -0.05) is 29.3 Å². The lowest BCUT2D eigenvalue weighted by Crippen LogP contribution is -2.52. The molecule has 1 aromatic heterocycles. The smallest absolute Gasteiger partial charge is 0.317 e. The van der Waals surface area contributed by atoms with Crippen LogP contribution in [0.25, 0.3) is 0 Å². The van der Waals surface area contributed by atoms with Gasteiger partial charge >= 0.3 is 6.01 Å². The number of nitrogens with one attached hydrogen (secondary N) is 1. The summed E-state index contributed by atoms with van der Waals surface area (Å²) in [5, 5.41) is 4.37. The fourth-order valence-electron chi connectivity index (χ4n) is 4.45. The quantitative estimate of drug-likeness (QED) is 0.632. The van der Waals surface area contributed by atoms with Gasteiger partial charge in [-0.05, 0) is 43.9 Å². The molecule has 2 aliphatic heterocycles. The van der Waals surface area contributed by atoms with E-state index in [0.717, 1.165) is 18.4 Å². The summed E-state index contributed by atoms with van der Waals surface area (Å²) in [6.07, 6.45) is 1.66. The van der Waals surface area contributed by atoms with Crippen molar-refractivity contribution in [3.63, 3.8) is 0 Å². The lowest BCUT2D eigenvalue weighted by atomic mass is 9.99. The summed E-state index contributed by atoms with van der Waals surface area (Å²) >= 11 is 12.2. The van der Waals surface area contributed by atoms with Crippen LogP contribution < -0.4 is 10.1 Å². The summed E-state index contributed by atoms with van der Waals surface area (Å²) in [6.45, 7) is 3.72. The van der Waals surface area contributed by atoms with Crippen molar-refractivity contribution < 1.29 is 18.7 Å². The molecule has 2 aromatic rings. The van der Waals surface area contributed by atoms with Gasteiger partial charge in [-0.3, -0.25) is 4.79 Å². The van der Waals surface area contributed by atoms with E-state index in [0.29, 0.717) is 59.5 Å². The molecule has 2 fully saturated rings. The zero-order valence-electron chi connectivity index (χ0n) is 19.3. The van der Waals surface area contributed by atoms with Crippen LogP contribution in [0.1, 0.15) is 46.6 Å². The predicted octanol–water partition coefficient (Wildman–Crippen LogP) is 4.01. The van der Waals surface area contributed by atoms with E-state index in [9.17, 15) is 9.18 Å². The van der Waals surface area contributed by atoms with Gasteiger partial charge < -0.3 is 19.7 Å². The predicted molar refractivity (Wildman–Crippen MR) is 129 cm³/mol. The molecule has 1 aromatic carbocycles. The Morgan fingerprint density at radius 2 is 2.00 bits per heavy atom. The highest BCUT2D eigenvalue weighted by molar-refractivity contribution is 6.42. The van der Waals surface area contributed by atoms with Crippen LogP contribution in [0.2, 0.25) is 10.0 Å². The number of likely N-dealkylation sites (tertiary alicyclic amines) is 1. The number of rotatable bonds is 6. The molecule has 4 rings (SSSR count). The van der Waals surface area contributed by atoms with Crippen molar-refractivity contribution in [1.82, 2.24) is 20.2 Å². The summed E-state index contributed by atoms with van der Waals surface area (Å²) in [5.74, 6) is -0.151. The second-order valence-corrected chi connectivity index (χ2v) is 9.59. The van der Waals surface area contributed by atoms with E-state index < -0.39 is 6.17 Å². The van der Waals surface area contributed by atoms with Crippen LogP contribution in [0.5, 0.6) is 6.01 Å². The molecule has 0 spiro atoms. The molecule has 1 N–H and O–H groups in total. The Bertz CT molecular complexity index is 1030. The van der Waals surface area contributed by atoms with E-state index >= 15 is 0 Å².